The molecule has 0 aliphatic carbocycles. The third kappa shape index (κ3) is 4.55. The van der Waals surface area contributed by atoms with E-state index in [9.17, 15) is 0 Å². The molecule has 0 heterocycles. The van der Waals surface area contributed by atoms with E-state index >= 15 is 0 Å². The van der Waals surface area contributed by atoms with Crippen LogP contribution >= 0.6 is 0 Å². The molecule has 2 heteroatoms. The number of ether oxygens (including phenoxy) is 1. The predicted molar refractivity (Wildman–Crippen MR) is 90.6 cm³/mol. The molecule has 0 saturated carbocycles. The van der Waals surface area contributed by atoms with Crippen molar-refractivity contribution in [3.05, 3.63) is 48.0 Å². The van der Waals surface area contributed by atoms with Gasteiger partial charge in [-0.3, -0.25) is 0 Å². The summed E-state index contributed by atoms with van der Waals surface area (Å²) < 4.78 is 5.19. The van der Waals surface area contributed by atoms with E-state index in [1.165, 1.54) is 16.3 Å². The van der Waals surface area contributed by atoms with Crippen molar-refractivity contribution in [3.8, 4) is 0 Å². The van der Waals surface area contributed by atoms with E-state index in [2.05, 4.69) is 68.6 Å². The maximum atomic E-state index is 5.19. The highest BCUT2D eigenvalue weighted by molar-refractivity contribution is 5.83. The van der Waals surface area contributed by atoms with E-state index in [-0.39, 0.29) is 5.41 Å². The van der Waals surface area contributed by atoms with E-state index in [4.69, 9.17) is 4.74 Å². The number of hydrogen-bond donors (Lipinski definition) is 1. The number of fused-ring (bicyclic) bond motifs is 1. The third-order valence-corrected chi connectivity index (χ3v) is 4.14. The Balaban J connectivity index is 2.00. The van der Waals surface area contributed by atoms with E-state index in [1.54, 1.807) is 7.11 Å². The second-order valence-electron chi connectivity index (χ2n) is 6.62. The van der Waals surface area contributed by atoms with Crippen molar-refractivity contribution in [2.24, 2.45) is 5.41 Å². The maximum Gasteiger partial charge on any atom is 0.0467 e. The maximum absolute atomic E-state index is 5.19. The largest absolute Gasteiger partial charge is 0.385 e. The Bertz CT molecular complexity index is 577. The zero-order chi connectivity index (χ0) is 15.3. The quantitative estimate of drug-likeness (QED) is 0.805. The van der Waals surface area contributed by atoms with Crippen LogP contribution < -0.4 is 5.32 Å². The van der Waals surface area contributed by atoms with Gasteiger partial charge in [-0.25, -0.2) is 0 Å². The first-order chi connectivity index (χ1) is 10.0. The summed E-state index contributed by atoms with van der Waals surface area (Å²) in [6.45, 7) is 8.61. The van der Waals surface area contributed by atoms with Crippen LogP contribution in [0.2, 0.25) is 0 Å². The minimum atomic E-state index is 0.251. The zero-order valence-electron chi connectivity index (χ0n) is 13.6. The molecule has 0 amide bonds. The fraction of sp³-hybridized carbons (Fsp3) is 0.474. The average molecular weight is 285 g/mol. The number of hydrogen-bond acceptors (Lipinski definition) is 2. The molecule has 114 valence electrons. The highest BCUT2D eigenvalue weighted by Crippen LogP contribution is 2.23. The molecule has 0 bridgehead atoms. The van der Waals surface area contributed by atoms with Crippen LogP contribution in [0.3, 0.4) is 0 Å². The van der Waals surface area contributed by atoms with Crippen molar-refractivity contribution in [1.82, 2.24) is 5.32 Å². The van der Waals surface area contributed by atoms with Crippen LogP contribution in [-0.4, -0.2) is 20.3 Å². The van der Waals surface area contributed by atoms with Crippen LogP contribution in [0.15, 0.2) is 42.5 Å². The van der Waals surface area contributed by atoms with E-state index in [0.29, 0.717) is 6.04 Å². The van der Waals surface area contributed by atoms with Crippen molar-refractivity contribution in [3.63, 3.8) is 0 Å². The predicted octanol–water partition coefficient (Wildman–Crippen LogP) is 4.55. The first kappa shape index (κ1) is 16.0. The van der Waals surface area contributed by atoms with Gasteiger partial charge in [0.05, 0.1) is 0 Å². The summed E-state index contributed by atoms with van der Waals surface area (Å²) in [5.41, 5.74) is 1.59. The molecule has 0 spiro atoms. The van der Waals surface area contributed by atoms with Crippen LogP contribution in [-0.2, 0) is 4.74 Å². The van der Waals surface area contributed by atoms with Gasteiger partial charge in [-0.2, -0.15) is 0 Å². The summed E-state index contributed by atoms with van der Waals surface area (Å²) in [4.78, 5) is 0. The Morgan fingerprint density at radius 3 is 2.52 bits per heavy atom. The summed E-state index contributed by atoms with van der Waals surface area (Å²) in [6, 6.07) is 15.6. The molecule has 2 nitrogen and oxygen atoms in total. The topological polar surface area (TPSA) is 21.3 Å². The molecule has 0 radical (unpaired) electrons. The van der Waals surface area contributed by atoms with Crippen LogP contribution in [0.1, 0.15) is 38.8 Å². The second-order valence-corrected chi connectivity index (χ2v) is 6.62. The minimum absolute atomic E-state index is 0.251. The molecule has 1 N–H and O–H groups in total. The number of rotatable bonds is 7. The molecule has 2 aromatic carbocycles. The molecule has 0 aliphatic heterocycles. The molecular formula is C19H27NO. The number of methoxy groups -OCH3 is 1. The van der Waals surface area contributed by atoms with Crippen molar-refractivity contribution in [2.45, 2.75) is 33.2 Å². The van der Waals surface area contributed by atoms with Crippen LogP contribution in [0.4, 0.5) is 0 Å². The summed E-state index contributed by atoms with van der Waals surface area (Å²) >= 11 is 0. The van der Waals surface area contributed by atoms with Crippen molar-refractivity contribution >= 4 is 10.8 Å². The lowest BCUT2D eigenvalue weighted by atomic mass is 9.89. The van der Waals surface area contributed by atoms with Gasteiger partial charge in [0.15, 0.2) is 0 Å². The normalized spacial score (nSPS) is 13.5. The zero-order valence-corrected chi connectivity index (χ0v) is 13.6. The fourth-order valence-corrected chi connectivity index (χ4v) is 2.49. The lowest BCUT2D eigenvalue weighted by Crippen LogP contribution is -2.32. The molecule has 0 saturated heterocycles. The van der Waals surface area contributed by atoms with Gasteiger partial charge >= 0.3 is 0 Å². The molecule has 2 rings (SSSR count). The second kappa shape index (κ2) is 7.06. The summed E-state index contributed by atoms with van der Waals surface area (Å²) in [5.74, 6) is 0. The van der Waals surface area contributed by atoms with Gasteiger partial charge in [0.1, 0.15) is 0 Å². The van der Waals surface area contributed by atoms with Crippen molar-refractivity contribution in [2.75, 3.05) is 20.3 Å². The summed E-state index contributed by atoms with van der Waals surface area (Å²) in [6.07, 6.45) is 1.07. The summed E-state index contributed by atoms with van der Waals surface area (Å²) in [5, 5.41) is 6.26. The van der Waals surface area contributed by atoms with Gasteiger partial charge in [0, 0.05) is 26.3 Å². The van der Waals surface area contributed by atoms with Crippen molar-refractivity contribution < 1.29 is 4.74 Å². The highest BCUT2D eigenvalue weighted by atomic mass is 16.5. The van der Waals surface area contributed by atoms with E-state index in [1.807, 2.05) is 0 Å². The molecule has 2 aromatic rings. The Labute approximate surface area is 128 Å². The lowest BCUT2D eigenvalue weighted by Gasteiger charge is -2.27. The van der Waals surface area contributed by atoms with Gasteiger partial charge in [-0.15, -0.1) is 0 Å². The number of benzene rings is 2. The number of nitrogens with one attached hydrogen (secondary N) is 1. The Hall–Kier alpha value is -1.38. The fourth-order valence-electron chi connectivity index (χ4n) is 2.49. The third-order valence-electron chi connectivity index (χ3n) is 4.14. The van der Waals surface area contributed by atoms with Crippen LogP contribution in [0.25, 0.3) is 10.8 Å². The first-order valence-electron chi connectivity index (χ1n) is 7.73. The molecular weight excluding hydrogens is 258 g/mol. The summed E-state index contributed by atoms with van der Waals surface area (Å²) in [7, 11) is 1.77. The SMILES string of the molecule is COCCC(C)(C)CNC(C)c1ccc2ccccc2c1. The smallest absolute Gasteiger partial charge is 0.0467 e. The molecule has 21 heavy (non-hydrogen) atoms. The Kier molecular flexibility index (Phi) is 5.38. The van der Waals surface area contributed by atoms with Crippen molar-refractivity contribution in [1.29, 1.82) is 0 Å². The van der Waals surface area contributed by atoms with Crippen LogP contribution in [0.5, 0.6) is 0 Å². The molecule has 0 aliphatic rings. The van der Waals surface area contributed by atoms with Crippen LogP contribution in [0, 0.1) is 5.41 Å². The lowest BCUT2D eigenvalue weighted by molar-refractivity contribution is 0.149. The standard InChI is InChI=1S/C19H27NO/c1-15(20-14-19(2,3)11-12-21-4)17-10-9-16-7-5-6-8-18(16)13-17/h5-10,13,15,20H,11-12,14H2,1-4H3. The molecule has 1 unspecified atom stereocenters. The average Bonchev–Trinajstić information content (AvgIpc) is 2.50. The van der Waals surface area contributed by atoms with E-state index in [0.717, 1.165) is 19.6 Å². The van der Waals surface area contributed by atoms with Gasteiger partial charge in [-0.1, -0.05) is 50.2 Å². The monoisotopic (exact) mass is 285 g/mol. The molecule has 0 aromatic heterocycles. The van der Waals surface area contributed by atoms with Gasteiger partial charge < -0.3 is 10.1 Å². The van der Waals surface area contributed by atoms with Gasteiger partial charge in [0.25, 0.3) is 0 Å². The van der Waals surface area contributed by atoms with Gasteiger partial charge in [0.2, 0.25) is 0 Å². The highest BCUT2D eigenvalue weighted by Gasteiger charge is 2.18. The Morgan fingerprint density at radius 1 is 1.10 bits per heavy atom. The van der Waals surface area contributed by atoms with Gasteiger partial charge in [-0.05, 0) is 41.2 Å². The Morgan fingerprint density at radius 2 is 1.81 bits per heavy atom. The van der Waals surface area contributed by atoms with E-state index < -0.39 is 0 Å². The molecule has 1 atom stereocenters. The first-order valence-corrected chi connectivity index (χ1v) is 7.73. The minimum Gasteiger partial charge on any atom is -0.385 e. The molecule has 0 fully saturated rings.